The number of benzene rings is 4. The zero-order chi connectivity index (χ0) is 42.2. The van der Waals surface area contributed by atoms with E-state index in [0.29, 0.717) is 21.0 Å². The van der Waals surface area contributed by atoms with Gasteiger partial charge in [-0.3, -0.25) is 0 Å². The van der Waals surface area contributed by atoms with Crippen molar-refractivity contribution in [3.05, 3.63) is 140 Å². The van der Waals surface area contributed by atoms with Gasteiger partial charge in [-0.15, -0.1) is 18.1 Å². The summed E-state index contributed by atoms with van der Waals surface area (Å²) in [7, 11) is 0.385. The minimum atomic E-state index is -2.15. The average Bonchev–Trinajstić information content (AvgIpc) is 3.93. The molecule has 5 aliphatic rings. The van der Waals surface area contributed by atoms with Gasteiger partial charge >= 0.3 is 25.8 Å². The van der Waals surface area contributed by atoms with Crippen LogP contribution in [-0.2, 0) is 26.0 Å². The summed E-state index contributed by atoms with van der Waals surface area (Å²) >= 11 is 0. The first kappa shape index (κ1) is 52.8. The number of anilines is 1. The third-order valence-corrected chi connectivity index (χ3v) is 17.2. The van der Waals surface area contributed by atoms with Crippen LogP contribution >= 0.6 is 20.3 Å². The summed E-state index contributed by atoms with van der Waals surface area (Å²) in [6, 6.07) is 22.8. The first-order valence-corrected chi connectivity index (χ1v) is 23.9. The van der Waals surface area contributed by atoms with Crippen molar-refractivity contribution in [1.82, 2.24) is 0 Å². The molecule has 340 valence electrons. The van der Waals surface area contributed by atoms with Gasteiger partial charge in [0.25, 0.3) is 0 Å². The second-order valence-corrected chi connectivity index (χ2v) is 20.5. The summed E-state index contributed by atoms with van der Waals surface area (Å²) < 4.78 is 69.0. The molecule has 11 heteroatoms. The van der Waals surface area contributed by atoms with Gasteiger partial charge in [0.05, 0.1) is 5.56 Å². The van der Waals surface area contributed by atoms with Crippen molar-refractivity contribution in [2.75, 3.05) is 18.0 Å². The van der Waals surface area contributed by atoms with Crippen LogP contribution < -0.4 is 27.7 Å². The molecule has 3 fully saturated rings. The van der Waals surface area contributed by atoms with Crippen molar-refractivity contribution >= 4 is 43.7 Å². The third kappa shape index (κ3) is 12.9. The number of allylic oxidation sites excluding steroid dienone is 1. The normalized spacial score (nSPS) is 17.5. The zero-order valence-corrected chi connectivity index (χ0v) is 41.0. The van der Waals surface area contributed by atoms with E-state index in [1.165, 1.54) is 62.4 Å². The largest absolute Gasteiger partial charge is 1.00 e. The van der Waals surface area contributed by atoms with Crippen molar-refractivity contribution in [3.8, 4) is 0 Å². The maximum atomic E-state index is 13.9. The van der Waals surface area contributed by atoms with Gasteiger partial charge in [0.15, 0.2) is 23.3 Å². The predicted octanol–water partition coefficient (Wildman–Crippen LogP) is 9.97. The fourth-order valence-electron chi connectivity index (χ4n) is 10.3. The average molecular weight is 1010 g/mol. The van der Waals surface area contributed by atoms with Crippen LogP contribution in [0.2, 0.25) is 0 Å². The molecule has 63 heavy (non-hydrogen) atoms. The molecule has 1 aliphatic heterocycles. The van der Waals surface area contributed by atoms with E-state index in [0.717, 1.165) is 22.4 Å². The quantitative estimate of drug-likeness (QED) is 0.0447. The monoisotopic (exact) mass is 1010 g/mol. The van der Waals surface area contributed by atoms with Gasteiger partial charge in [-0.1, -0.05) is 132 Å². The molecular weight excluding hydrogens is 951 g/mol. The molecule has 2 nitrogen and oxygen atoms in total. The number of hydrogen-bond acceptors (Lipinski definition) is 1. The van der Waals surface area contributed by atoms with E-state index in [2.05, 4.69) is 60.6 Å². The molecule has 4 aromatic rings. The van der Waals surface area contributed by atoms with Gasteiger partial charge in [0.1, 0.15) is 25.3 Å². The fraction of sp³-hybridized carbons (Fsp3) is 0.462. The Morgan fingerprint density at radius 2 is 1.10 bits per heavy atom. The van der Waals surface area contributed by atoms with Crippen molar-refractivity contribution < 1.29 is 58.4 Å². The van der Waals surface area contributed by atoms with Crippen LogP contribution in [0.1, 0.15) is 124 Å². The van der Waals surface area contributed by atoms with E-state index in [4.69, 9.17) is 0 Å². The van der Waals surface area contributed by atoms with Crippen LogP contribution in [0.5, 0.6) is 0 Å². The number of hydrogen-bond donors (Lipinski definition) is 0. The number of halogens is 7. The minimum Gasteiger partial charge on any atom is -1.00 e. The van der Waals surface area contributed by atoms with Crippen molar-refractivity contribution in [1.29, 1.82) is 0 Å². The van der Waals surface area contributed by atoms with Crippen LogP contribution in [0.15, 0.2) is 72.8 Å². The zero-order valence-electron chi connectivity index (χ0n) is 36.8. The third-order valence-electron chi connectivity index (χ3n) is 13.1. The molecule has 0 unspecified atom stereocenters. The Kier molecular flexibility index (Phi) is 21.1. The molecule has 3 saturated carbocycles. The van der Waals surface area contributed by atoms with Crippen LogP contribution in [0.4, 0.5) is 27.6 Å². The van der Waals surface area contributed by atoms with Gasteiger partial charge in [0.2, 0.25) is 5.82 Å². The summed E-state index contributed by atoms with van der Waals surface area (Å²) in [4.78, 5) is 1.80. The van der Waals surface area contributed by atoms with E-state index in [1.54, 1.807) is 81.9 Å². The maximum absolute atomic E-state index is 13.9. The Labute approximate surface area is 398 Å². The van der Waals surface area contributed by atoms with E-state index in [1.807, 2.05) is 45.0 Å². The molecule has 4 aromatic carbocycles. The molecule has 4 aliphatic carbocycles. The Hall–Kier alpha value is -2.85. The molecule has 9 rings (SSSR count). The van der Waals surface area contributed by atoms with E-state index < -0.39 is 41.2 Å². The standard InChI is InChI=1S/C19H17F5N2.C18H33P.C15H10.2ClH.Ru/c1-10-6-11(2)19(12(3)7-10)26-5-4-25(9-26)8-13-14(20)16(22)18(24)17(23)15(13)21;1-4-10-16(11-5-1)19(17-12-6-2-7-13-17)18-14-8-3-9-15-18;1-2-6-12(7-3-1)15-11-10-13-8-4-5-9-14(13)15;;;/h6-7H,4-5,8H2,1-3H3;16-18H,1-15H2;1-9,11H;2*1H;/q+1;;;;;+1/p-1. The molecule has 0 aromatic heterocycles. The van der Waals surface area contributed by atoms with Crippen LogP contribution in [0.25, 0.3) is 11.3 Å². The number of fused-ring (bicyclic) bond motifs is 1. The Morgan fingerprint density at radius 3 is 1.60 bits per heavy atom. The first-order chi connectivity index (χ1) is 29.1. The number of rotatable bonds is 7. The fourth-order valence-corrected chi connectivity index (χ4v) is 15.0. The van der Waals surface area contributed by atoms with Crippen molar-refractivity contribution in [2.45, 2.75) is 141 Å². The van der Waals surface area contributed by atoms with Crippen molar-refractivity contribution in [2.24, 2.45) is 0 Å². The molecule has 0 N–H and O–H groups in total. The molecule has 0 saturated heterocycles. The summed E-state index contributed by atoms with van der Waals surface area (Å²) in [5, 5.41) is 2.47. The van der Waals surface area contributed by atoms with Gasteiger partial charge in [-0.25, -0.2) is 31.4 Å². The van der Waals surface area contributed by atoms with Crippen LogP contribution in [0, 0.1) is 49.9 Å². The second kappa shape index (κ2) is 25.2. The molecule has 0 amide bonds. The minimum absolute atomic E-state index is 0. The molecule has 0 bridgehead atoms. The topological polar surface area (TPSA) is 6.25 Å². The Bertz CT molecular complexity index is 2220. The summed E-state index contributed by atoms with van der Waals surface area (Å²) in [6.45, 7) is 6.28. The van der Waals surface area contributed by atoms with E-state index in [9.17, 15) is 22.0 Å². The number of nitrogens with zero attached hydrogens (tertiary/aromatic N) is 2. The van der Waals surface area contributed by atoms with Crippen LogP contribution in [0.3, 0.4) is 0 Å². The molecule has 2 radical (unpaired) electrons. The summed E-state index contributed by atoms with van der Waals surface area (Å²) in [5.41, 5.74) is 12.6. The predicted molar refractivity (Wildman–Crippen MR) is 245 cm³/mol. The summed E-state index contributed by atoms with van der Waals surface area (Å²) in [6.07, 6.45) is 28.6. The van der Waals surface area contributed by atoms with Crippen LogP contribution in [-0.4, -0.2) is 41.0 Å². The summed E-state index contributed by atoms with van der Waals surface area (Å²) in [5.74, 6) is -9.61. The smallest absolute Gasteiger partial charge is 1.00 e. The van der Waals surface area contributed by atoms with Gasteiger partial charge < -0.3 is 12.4 Å². The number of aryl methyl sites for hydroxylation is 3. The van der Waals surface area contributed by atoms with Gasteiger partial charge in [-0.05, 0) is 116 Å². The van der Waals surface area contributed by atoms with Crippen molar-refractivity contribution in [3.63, 3.8) is 0 Å². The molecule has 1 heterocycles. The second-order valence-electron chi connectivity index (χ2n) is 17.4. The maximum Gasteiger partial charge on any atom is 1.00 e. The van der Waals surface area contributed by atoms with E-state index >= 15 is 0 Å². The Balaban J connectivity index is 0.000000210. The first-order valence-electron chi connectivity index (χ1n) is 22.4. The SMILES string of the molecule is C1=CC(c2ccccc2)=c2ccccc2=1.C1CCC(P(C2CCCCC2)C2CCCCC2)CC1.Cc1cc(C)c(N2[C]=[N+](Cc3c(F)c(F)c(F)c(F)c3F)CC2)c(C)c1.Cl.[Cl-].[Ru+]. The van der Waals surface area contributed by atoms with E-state index in [-0.39, 0.29) is 44.3 Å². The van der Waals surface area contributed by atoms with Gasteiger partial charge in [0, 0.05) is 5.22 Å². The molecule has 0 spiro atoms. The Morgan fingerprint density at radius 1 is 0.635 bits per heavy atom. The molecular formula is C52H61Cl2F5N2PRu+. The molecule has 0 atom stereocenters. The van der Waals surface area contributed by atoms with Gasteiger partial charge in [-0.2, -0.15) is 0 Å².